The predicted octanol–water partition coefficient (Wildman–Crippen LogP) is 4.56. The zero-order valence-electron chi connectivity index (χ0n) is 11.7. The third kappa shape index (κ3) is 2.81. The number of aryl methyl sites for hydroxylation is 2. The van der Waals surface area contributed by atoms with Crippen molar-refractivity contribution in [2.24, 2.45) is 0 Å². The Morgan fingerprint density at radius 1 is 1.29 bits per heavy atom. The van der Waals surface area contributed by atoms with Gasteiger partial charge in [-0.15, -0.1) is 0 Å². The van der Waals surface area contributed by atoms with E-state index in [4.69, 9.17) is 5.11 Å². The van der Waals surface area contributed by atoms with Crippen molar-refractivity contribution >= 4 is 27.6 Å². The lowest BCUT2D eigenvalue weighted by atomic mass is 10.1. The molecule has 1 atom stereocenters. The van der Waals surface area contributed by atoms with E-state index in [1.165, 1.54) is 11.1 Å². The zero-order valence-corrected chi connectivity index (χ0v) is 13.3. The van der Waals surface area contributed by atoms with Crippen molar-refractivity contribution in [3.63, 3.8) is 0 Å². The summed E-state index contributed by atoms with van der Waals surface area (Å²) in [6.45, 7) is 1.94. The normalized spacial score (nSPS) is 16.6. The zero-order chi connectivity index (χ0) is 15.0. The smallest absolute Gasteiger partial charge is 0.335 e. The van der Waals surface area contributed by atoms with Gasteiger partial charge in [0.2, 0.25) is 0 Å². The minimum Gasteiger partial charge on any atom is -0.478 e. The molecule has 0 amide bonds. The summed E-state index contributed by atoms with van der Waals surface area (Å²) < 4.78 is 1.11. The van der Waals surface area contributed by atoms with E-state index < -0.39 is 5.97 Å². The molecule has 0 saturated heterocycles. The lowest BCUT2D eigenvalue weighted by Crippen LogP contribution is -2.09. The highest BCUT2D eigenvalue weighted by Gasteiger charge is 2.22. The first-order valence-electron chi connectivity index (χ1n) is 6.93. The summed E-state index contributed by atoms with van der Waals surface area (Å²) in [6, 6.07) is 11.9. The van der Waals surface area contributed by atoms with Gasteiger partial charge in [-0.05, 0) is 66.8 Å². The number of halogens is 1. The van der Waals surface area contributed by atoms with Crippen molar-refractivity contribution in [2.45, 2.75) is 25.8 Å². The van der Waals surface area contributed by atoms with Gasteiger partial charge in [-0.2, -0.15) is 0 Å². The van der Waals surface area contributed by atoms with Crippen LogP contribution in [-0.2, 0) is 6.42 Å². The molecule has 1 aliphatic rings. The molecule has 0 saturated carbocycles. The van der Waals surface area contributed by atoms with Crippen LogP contribution in [0.5, 0.6) is 0 Å². The molecular formula is C17H16BrNO2. The Hall–Kier alpha value is -1.81. The molecule has 0 radical (unpaired) electrons. The maximum absolute atomic E-state index is 11.0. The molecular weight excluding hydrogens is 330 g/mol. The minimum atomic E-state index is -0.888. The summed E-state index contributed by atoms with van der Waals surface area (Å²) >= 11 is 3.51. The largest absolute Gasteiger partial charge is 0.478 e. The second kappa shape index (κ2) is 5.53. The topological polar surface area (TPSA) is 49.3 Å². The Balaban J connectivity index is 1.84. The minimum absolute atomic E-state index is 0.294. The molecule has 0 spiro atoms. The van der Waals surface area contributed by atoms with Gasteiger partial charge in [-0.1, -0.05) is 22.0 Å². The number of rotatable bonds is 3. The third-order valence-electron chi connectivity index (χ3n) is 3.99. The van der Waals surface area contributed by atoms with E-state index in [0.717, 1.165) is 28.6 Å². The first kappa shape index (κ1) is 14.1. The van der Waals surface area contributed by atoms with E-state index in [1.807, 2.05) is 13.0 Å². The molecule has 3 rings (SSSR count). The van der Waals surface area contributed by atoms with Crippen LogP contribution < -0.4 is 5.32 Å². The average Bonchev–Trinajstić information content (AvgIpc) is 2.83. The molecule has 0 heterocycles. The summed E-state index contributed by atoms with van der Waals surface area (Å²) in [5.41, 5.74) is 5.00. The number of nitrogens with one attached hydrogen (secondary N) is 1. The Labute approximate surface area is 132 Å². The SMILES string of the molecule is Cc1cc(C(=O)O)ccc1NC1CCc2cc(Br)ccc21. The van der Waals surface area contributed by atoms with Gasteiger partial charge in [0.25, 0.3) is 0 Å². The van der Waals surface area contributed by atoms with E-state index in [-0.39, 0.29) is 0 Å². The Kier molecular flexibility index (Phi) is 3.72. The van der Waals surface area contributed by atoms with Crippen LogP contribution in [-0.4, -0.2) is 11.1 Å². The average molecular weight is 346 g/mol. The van der Waals surface area contributed by atoms with Crippen molar-refractivity contribution in [1.29, 1.82) is 0 Å². The van der Waals surface area contributed by atoms with Crippen molar-refractivity contribution in [1.82, 2.24) is 0 Å². The van der Waals surface area contributed by atoms with Crippen LogP contribution in [0.3, 0.4) is 0 Å². The molecule has 1 aliphatic carbocycles. The third-order valence-corrected chi connectivity index (χ3v) is 4.48. The van der Waals surface area contributed by atoms with E-state index in [0.29, 0.717) is 11.6 Å². The first-order chi connectivity index (χ1) is 10.0. The van der Waals surface area contributed by atoms with Crippen LogP contribution in [0.15, 0.2) is 40.9 Å². The highest BCUT2D eigenvalue weighted by Crippen LogP contribution is 2.36. The molecule has 0 aliphatic heterocycles. The fraction of sp³-hybridized carbons (Fsp3) is 0.235. The van der Waals surface area contributed by atoms with Crippen LogP contribution in [0.1, 0.15) is 39.5 Å². The van der Waals surface area contributed by atoms with Crippen LogP contribution in [0, 0.1) is 6.92 Å². The van der Waals surface area contributed by atoms with Crippen LogP contribution in [0.4, 0.5) is 5.69 Å². The maximum atomic E-state index is 11.0. The van der Waals surface area contributed by atoms with Gasteiger partial charge < -0.3 is 10.4 Å². The molecule has 108 valence electrons. The van der Waals surface area contributed by atoms with Gasteiger partial charge in [0, 0.05) is 10.2 Å². The first-order valence-corrected chi connectivity index (χ1v) is 7.72. The summed E-state index contributed by atoms with van der Waals surface area (Å²) in [5, 5.41) is 12.6. The van der Waals surface area contributed by atoms with Crippen molar-refractivity contribution in [3.8, 4) is 0 Å². The van der Waals surface area contributed by atoms with Crippen LogP contribution >= 0.6 is 15.9 Å². The molecule has 0 aromatic heterocycles. The number of aromatic carboxylic acids is 1. The fourth-order valence-corrected chi connectivity index (χ4v) is 3.29. The maximum Gasteiger partial charge on any atom is 0.335 e. The molecule has 2 aromatic carbocycles. The molecule has 0 bridgehead atoms. The standard InChI is InChI=1S/C17H16BrNO2/c1-10-8-12(17(20)21)3-6-15(10)19-16-7-2-11-9-13(18)4-5-14(11)16/h3-6,8-9,16,19H,2,7H2,1H3,(H,20,21). The monoisotopic (exact) mass is 345 g/mol. The number of anilines is 1. The lowest BCUT2D eigenvalue weighted by molar-refractivity contribution is 0.0697. The molecule has 21 heavy (non-hydrogen) atoms. The van der Waals surface area contributed by atoms with Gasteiger partial charge in [-0.25, -0.2) is 4.79 Å². The summed E-state index contributed by atoms with van der Waals surface area (Å²) in [5.74, 6) is -0.888. The number of hydrogen-bond donors (Lipinski definition) is 2. The van der Waals surface area contributed by atoms with E-state index in [9.17, 15) is 4.79 Å². The van der Waals surface area contributed by atoms with E-state index in [2.05, 4.69) is 39.4 Å². The van der Waals surface area contributed by atoms with Crippen molar-refractivity contribution in [3.05, 3.63) is 63.1 Å². The van der Waals surface area contributed by atoms with Gasteiger partial charge >= 0.3 is 5.97 Å². The molecule has 0 fully saturated rings. The molecule has 1 unspecified atom stereocenters. The van der Waals surface area contributed by atoms with Gasteiger partial charge in [0.1, 0.15) is 0 Å². The van der Waals surface area contributed by atoms with Gasteiger partial charge in [0.15, 0.2) is 0 Å². The fourth-order valence-electron chi connectivity index (χ4n) is 2.88. The quantitative estimate of drug-likeness (QED) is 0.857. The Bertz CT molecular complexity index is 712. The highest BCUT2D eigenvalue weighted by molar-refractivity contribution is 9.10. The second-order valence-electron chi connectivity index (χ2n) is 5.41. The predicted molar refractivity (Wildman–Crippen MR) is 87.0 cm³/mol. The summed E-state index contributed by atoms with van der Waals surface area (Å²) in [7, 11) is 0. The highest BCUT2D eigenvalue weighted by atomic mass is 79.9. The van der Waals surface area contributed by atoms with Crippen molar-refractivity contribution < 1.29 is 9.90 Å². The number of carboxylic acids is 1. The van der Waals surface area contributed by atoms with Gasteiger partial charge in [-0.3, -0.25) is 0 Å². The number of hydrogen-bond acceptors (Lipinski definition) is 2. The lowest BCUT2D eigenvalue weighted by Gasteiger charge is -2.18. The van der Waals surface area contributed by atoms with E-state index in [1.54, 1.807) is 12.1 Å². The van der Waals surface area contributed by atoms with E-state index >= 15 is 0 Å². The van der Waals surface area contributed by atoms with Crippen LogP contribution in [0.25, 0.3) is 0 Å². The number of benzene rings is 2. The number of fused-ring (bicyclic) bond motifs is 1. The summed E-state index contributed by atoms with van der Waals surface area (Å²) in [6.07, 6.45) is 2.13. The molecule has 2 N–H and O–H groups in total. The Morgan fingerprint density at radius 2 is 2.10 bits per heavy atom. The summed E-state index contributed by atoms with van der Waals surface area (Å²) in [4.78, 5) is 11.0. The number of carbonyl (C=O) groups is 1. The number of carboxylic acid groups (broad SMARTS) is 1. The molecule has 2 aromatic rings. The van der Waals surface area contributed by atoms with Crippen molar-refractivity contribution in [2.75, 3.05) is 5.32 Å². The second-order valence-corrected chi connectivity index (χ2v) is 6.33. The molecule has 4 heteroatoms. The van der Waals surface area contributed by atoms with Gasteiger partial charge in [0.05, 0.1) is 11.6 Å². The van der Waals surface area contributed by atoms with Crippen LogP contribution in [0.2, 0.25) is 0 Å². The molecule has 3 nitrogen and oxygen atoms in total. The Morgan fingerprint density at radius 3 is 2.81 bits per heavy atom.